The Balaban J connectivity index is 1.71. The Morgan fingerprint density at radius 1 is 1.45 bits per heavy atom. The van der Waals surface area contributed by atoms with E-state index < -0.39 is 0 Å². The average molecular weight is 325 g/mol. The Labute approximate surface area is 133 Å². The van der Waals surface area contributed by atoms with E-state index in [-0.39, 0.29) is 0 Å². The smallest absolute Gasteiger partial charge is 0.0925 e. The first-order valence-electron chi connectivity index (χ1n) is 6.85. The molecular formula is C15H17ClN2S2. The van der Waals surface area contributed by atoms with Crippen molar-refractivity contribution in [2.75, 3.05) is 5.75 Å². The van der Waals surface area contributed by atoms with Crippen LogP contribution in [-0.4, -0.2) is 10.7 Å². The molecule has 0 bridgehead atoms. The zero-order valence-corrected chi connectivity index (χ0v) is 13.7. The Kier molecular flexibility index (Phi) is 4.66. The Bertz CT molecular complexity index is 597. The molecule has 0 spiro atoms. The topological polar surface area (TPSA) is 24.9 Å². The number of hydrogen-bond acceptors (Lipinski definition) is 4. The predicted molar refractivity (Wildman–Crippen MR) is 87.9 cm³/mol. The molecule has 0 amide bonds. The molecule has 1 N–H and O–H groups in total. The minimum atomic E-state index is 0.400. The standard InChI is InChI=1S/C15H17ClN2S2/c1-2-15-18-9-11(20-15)8-17-13-5-6-19-14-4-3-10(16)7-12(13)14/h3-4,7,9,13,17H,2,5-6,8H2,1H3. The molecule has 1 aliphatic rings. The summed E-state index contributed by atoms with van der Waals surface area (Å²) in [5.74, 6) is 1.16. The molecule has 2 heterocycles. The van der Waals surface area contributed by atoms with E-state index in [4.69, 9.17) is 11.6 Å². The van der Waals surface area contributed by atoms with E-state index >= 15 is 0 Å². The Morgan fingerprint density at radius 3 is 3.15 bits per heavy atom. The van der Waals surface area contributed by atoms with Crippen molar-refractivity contribution in [3.63, 3.8) is 0 Å². The van der Waals surface area contributed by atoms with E-state index in [1.807, 2.05) is 24.0 Å². The summed E-state index contributed by atoms with van der Waals surface area (Å²) in [5, 5.41) is 5.69. The molecule has 0 aliphatic carbocycles. The SMILES string of the molecule is CCc1ncc(CNC2CCSc3ccc(Cl)cc32)s1. The molecule has 0 saturated heterocycles. The number of fused-ring (bicyclic) bond motifs is 1. The van der Waals surface area contributed by atoms with E-state index in [1.54, 1.807) is 11.3 Å². The lowest BCUT2D eigenvalue weighted by molar-refractivity contribution is 0.512. The molecule has 1 aromatic heterocycles. The van der Waals surface area contributed by atoms with Crippen molar-refractivity contribution < 1.29 is 0 Å². The molecule has 106 valence electrons. The number of nitrogens with zero attached hydrogens (tertiary/aromatic N) is 1. The van der Waals surface area contributed by atoms with E-state index in [2.05, 4.69) is 29.4 Å². The number of thioether (sulfide) groups is 1. The number of rotatable bonds is 4. The zero-order valence-electron chi connectivity index (χ0n) is 11.4. The summed E-state index contributed by atoms with van der Waals surface area (Å²) in [6, 6.07) is 6.62. The molecular weight excluding hydrogens is 308 g/mol. The maximum absolute atomic E-state index is 6.14. The van der Waals surface area contributed by atoms with Crippen LogP contribution in [0, 0.1) is 0 Å². The van der Waals surface area contributed by atoms with E-state index in [0.29, 0.717) is 6.04 Å². The fraction of sp³-hybridized carbons (Fsp3) is 0.400. The van der Waals surface area contributed by atoms with E-state index in [0.717, 1.165) is 30.2 Å². The fourth-order valence-electron chi connectivity index (χ4n) is 2.39. The van der Waals surface area contributed by atoms with Gasteiger partial charge in [0.15, 0.2) is 0 Å². The zero-order chi connectivity index (χ0) is 13.9. The maximum atomic E-state index is 6.14. The van der Waals surface area contributed by atoms with Crippen LogP contribution < -0.4 is 5.32 Å². The molecule has 2 nitrogen and oxygen atoms in total. The molecule has 5 heteroatoms. The van der Waals surface area contributed by atoms with Crippen LogP contribution in [0.2, 0.25) is 5.02 Å². The first-order valence-corrected chi connectivity index (χ1v) is 9.03. The van der Waals surface area contributed by atoms with Gasteiger partial charge in [0, 0.05) is 33.6 Å². The monoisotopic (exact) mass is 324 g/mol. The van der Waals surface area contributed by atoms with Gasteiger partial charge >= 0.3 is 0 Å². The number of halogens is 1. The number of aromatic nitrogens is 1. The van der Waals surface area contributed by atoms with Crippen molar-refractivity contribution in [2.45, 2.75) is 37.2 Å². The Hall–Kier alpha value is -0.550. The lowest BCUT2D eigenvalue weighted by Crippen LogP contribution is -2.23. The molecule has 0 fully saturated rings. The van der Waals surface area contributed by atoms with Gasteiger partial charge in [0.1, 0.15) is 0 Å². The summed E-state index contributed by atoms with van der Waals surface area (Å²) < 4.78 is 0. The van der Waals surface area contributed by atoms with Gasteiger partial charge in [0.05, 0.1) is 5.01 Å². The highest BCUT2D eigenvalue weighted by molar-refractivity contribution is 7.99. The summed E-state index contributed by atoms with van der Waals surface area (Å²) in [6.07, 6.45) is 4.16. The molecule has 1 atom stereocenters. The molecule has 3 rings (SSSR count). The van der Waals surface area contributed by atoms with Gasteiger partial charge in [-0.1, -0.05) is 18.5 Å². The van der Waals surface area contributed by atoms with Crippen molar-refractivity contribution in [3.05, 3.63) is 44.9 Å². The summed E-state index contributed by atoms with van der Waals surface area (Å²) in [4.78, 5) is 7.08. The predicted octanol–water partition coefficient (Wildman–Crippen LogP) is 4.69. The minimum Gasteiger partial charge on any atom is -0.305 e. The van der Waals surface area contributed by atoms with Crippen molar-refractivity contribution in [3.8, 4) is 0 Å². The molecule has 1 unspecified atom stereocenters. The summed E-state index contributed by atoms with van der Waals surface area (Å²) in [5.41, 5.74) is 1.34. The number of benzene rings is 1. The molecule has 2 aromatic rings. The van der Waals surface area contributed by atoms with Crippen LogP contribution in [0.25, 0.3) is 0 Å². The van der Waals surface area contributed by atoms with Gasteiger partial charge in [-0.3, -0.25) is 0 Å². The second-order valence-corrected chi connectivity index (χ2v) is 7.60. The van der Waals surface area contributed by atoms with Crippen LogP contribution in [0.3, 0.4) is 0 Å². The molecule has 1 aromatic carbocycles. The number of hydrogen-bond donors (Lipinski definition) is 1. The van der Waals surface area contributed by atoms with Crippen molar-refractivity contribution in [2.24, 2.45) is 0 Å². The first-order chi connectivity index (χ1) is 9.76. The van der Waals surface area contributed by atoms with Gasteiger partial charge in [-0.15, -0.1) is 23.1 Å². The summed E-state index contributed by atoms with van der Waals surface area (Å²) in [6.45, 7) is 3.03. The molecule has 0 saturated carbocycles. The largest absolute Gasteiger partial charge is 0.305 e. The number of thiazole rings is 1. The third kappa shape index (κ3) is 3.19. The maximum Gasteiger partial charge on any atom is 0.0925 e. The van der Waals surface area contributed by atoms with Crippen LogP contribution in [0.4, 0.5) is 0 Å². The quantitative estimate of drug-likeness (QED) is 0.883. The van der Waals surface area contributed by atoms with Gasteiger partial charge < -0.3 is 5.32 Å². The first kappa shape index (κ1) is 14.4. The molecule has 20 heavy (non-hydrogen) atoms. The minimum absolute atomic E-state index is 0.400. The second kappa shape index (κ2) is 6.48. The third-order valence-corrected chi connectivity index (χ3v) is 5.94. The van der Waals surface area contributed by atoms with Gasteiger partial charge in [-0.05, 0) is 42.4 Å². The lowest BCUT2D eigenvalue weighted by Gasteiger charge is -2.26. The summed E-state index contributed by atoms with van der Waals surface area (Å²) in [7, 11) is 0. The number of aryl methyl sites for hydroxylation is 1. The van der Waals surface area contributed by atoms with Crippen molar-refractivity contribution >= 4 is 34.7 Å². The van der Waals surface area contributed by atoms with Crippen molar-refractivity contribution in [1.29, 1.82) is 0 Å². The lowest BCUT2D eigenvalue weighted by atomic mass is 10.0. The average Bonchev–Trinajstić information content (AvgIpc) is 2.93. The van der Waals surface area contributed by atoms with Crippen LogP contribution >= 0.6 is 34.7 Å². The summed E-state index contributed by atoms with van der Waals surface area (Å²) >= 11 is 9.86. The highest BCUT2D eigenvalue weighted by atomic mass is 35.5. The van der Waals surface area contributed by atoms with E-state index in [1.165, 1.54) is 20.3 Å². The van der Waals surface area contributed by atoms with Crippen LogP contribution in [0.15, 0.2) is 29.3 Å². The van der Waals surface area contributed by atoms with Crippen LogP contribution in [0.5, 0.6) is 0 Å². The normalized spacial score (nSPS) is 18.0. The molecule has 1 aliphatic heterocycles. The van der Waals surface area contributed by atoms with Crippen LogP contribution in [0.1, 0.15) is 34.8 Å². The van der Waals surface area contributed by atoms with Gasteiger partial charge in [0.25, 0.3) is 0 Å². The van der Waals surface area contributed by atoms with Gasteiger partial charge in [-0.2, -0.15) is 0 Å². The second-order valence-electron chi connectivity index (χ2n) is 4.83. The third-order valence-electron chi connectivity index (χ3n) is 3.44. The van der Waals surface area contributed by atoms with E-state index in [9.17, 15) is 0 Å². The van der Waals surface area contributed by atoms with Crippen molar-refractivity contribution in [1.82, 2.24) is 10.3 Å². The Morgan fingerprint density at radius 2 is 2.35 bits per heavy atom. The molecule has 0 radical (unpaired) electrons. The number of nitrogens with one attached hydrogen (secondary N) is 1. The van der Waals surface area contributed by atoms with Gasteiger partial charge in [0.2, 0.25) is 0 Å². The van der Waals surface area contributed by atoms with Gasteiger partial charge in [-0.25, -0.2) is 4.98 Å². The highest BCUT2D eigenvalue weighted by Gasteiger charge is 2.20. The fourth-order valence-corrected chi connectivity index (χ4v) is 4.49. The highest BCUT2D eigenvalue weighted by Crippen LogP contribution is 2.37. The van der Waals surface area contributed by atoms with Crippen LogP contribution in [-0.2, 0) is 13.0 Å².